The third kappa shape index (κ3) is 7.90. The van der Waals surface area contributed by atoms with Crippen molar-refractivity contribution in [3.63, 3.8) is 0 Å². The van der Waals surface area contributed by atoms with E-state index in [2.05, 4.69) is 12.2 Å². The van der Waals surface area contributed by atoms with Crippen molar-refractivity contribution >= 4 is 22.6 Å². The zero-order valence-corrected chi connectivity index (χ0v) is 15.7. The van der Waals surface area contributed by atoms with E-state index in [1.807, 2.05) is 0 Å². The van der Waals surface area contributed by atoms with E-state index >= 15 is 0 Å². The van der Waals surface area contributed by atoms with Crippen molar-refractivity contribution in [2.75, 3.05) is 0 Å². The number of halogens is 1. The van der Waals surface area contributed by atoms with Crippen LogP contribution in [-0.4, -0.2) is 19.7 Å². The molecule has 0 fully saturated rings. The van der Waals surface area contributed by atoms with Crippen LogP contribution in [0.1, 0.15) is 83.5 Å². The van der Waals surface area contributed by atoms with Gasteiger partial charge in [-0.3, -0.25) is 10.1 Å². The zero-order chi connectivity index (χ0) is 16.3. The van der Waals surface area contributed by atoms with Crippen molar-refractivity contribution in [2.24, 2.45) is 0 Å². The lowest BCUT2D eigenvalue weighted by molar-refractivity contribution is -0.511. The number of nitrogens with zero attached hydrogens (tertiary/aromatic N) is 1. The minimum Gasteiger partial charge on any atom is -0.382 e. The second-order valence-electron chi connectivity index (χ2n) is 6.46. The predicted molar refractivity (Wildman–Crippen MR) is 98.9 cm³/mol. The van der Waals surface area contributed by atoms with Crippen LogP contribution >= 0.6 is 22.6 Å². The molecule has 0 aromatic carbocycles. The van der Waals surface area contributed by atoms with E-state index in [4.69, 9.17) is 0 Å². The first-order valence-corrected chi connectivity index (χ1v) is 9.96. The van der Waals surface area contributed by atoms with Crippen molar-refractivity contribution in [3.05, 3.63) is 22.3 Å². The molecular formula is C17H30INO3. The first kappa shape index (κ1) is 19.9. The van der Waals surface area contributed by atoms with Gasteiger partial charge in [-0.1, -0.05) is 57.1 Å². The van der Waals surface area contributed by atoms with Gasteiger partial charge in [-0.2, -0.15) is 0 Å². The largest absolute Gasteiger partial charge is 0.382 e. The van der Waals surface area contributed by atoms with E-state index in [1.165, 1.54) is 25.7 Å². The van der Waals surface area contributed by atoms with Crippen molar-refractivity contribution < 1.29 is 10.0 Å². The molecule has 2 atom stereocenters. The summed E-state index contributed by atoms with van der Waals surface area (Å²) in [6.45, 7) is 0. The van der Waals surface area contributed by atoms with Crippen molar-refractivity contribution in [1.29, 1.82) is 0 Å². The smallest absolute Gasteiger partial charge is 0.288 e. The fourth-order valence-electron chi connectivity index (χ4n) is 3.07. The maximum Gasteiger partial charge on any atom is 0.288 e. The molecule has 0 saturated carbocycles. The highest BCUT2D eigenvalue weighted by Gasteiger charge is 2.42. The number of hydrogen-bond donors (Lipinski definition) is 1. The van der Waals surface area contributed by atoms with Crippen LogP contribution in [0.4, 0.5) is 0 Å². The van der Waals surface area contributed by atoms with E-state index in [0.717, 1.165) is 44.9 Å². The van der Waals surface area contributed by atoms with Crippen LogP contribution in [0.15, 0.2) is 12.2 Å². The van der Waals surface area contributed by atoms with Crippen molar-refractivity contribution in [2.45, 2.75) is 93.1 Å². The van der Waals surface area contributed by atoms with E-state index < -0.39 is 9.65 Å². The zero-order valence-electron chi connectivity index (χ0n) is 13.5. The number of nitro groups is 1. The van der Waals surface area contributed by atoms with Gasteiger partial charge in [0, 0.05) is 27.5 Å². The molecule has 0 aliphatic heterocycles. The van der Waals surface area contributed by atoms with Gasteiger partial charge < -0.3 is 5.11 Å². The molecule has 128 valence electrons. The topological polar surface area (TPSA) is 63.4 Å². The third-order valence-corrected chi connectivity index (χ3v) is 6.12. The Labute approximate surface area is 148 Å². The number of rotatable bonds is 2. The molecule has 0 bridgehead atoms. The molecule has 0 radical (unpaired) electrons. The van der Waals surface area contributed by atoms with Crippen molar-refractivity contribution in [3.8, 4) is 0 Å². The predicted octanol–water partition coefficient (Wildman–Crippen LogP) is 5.40. The second kappa shape index (κ2) is 11.4. The summed E-state index contributed by atoms with van der Waals surface area (Å²) in [4.78, 5) is 10.8. The maximum absolute atomic E-state index is 11.1. The molecule has 1 N–H and O–H groups in total. The quantitative estimate of drug-likeness (QED) is 0.162. The van der Waals surface area contributed by atoms with Crippen LogP contribution in [0, 0.1) is 10.1 Å². The van der Waals surface area contributed by atoms with Crippen LogP contribution in [-0.2, 0) is 0 Å². The van der Waals surface area contributed by atoms with Gasteiger partial charge in [0.2, 0.25) is 0 Å². The van der Waals surface area contributed by atoms with E-state index in [1.54, 1.807) is 22.6 Å². The van der Waals surface area contributed by atoms with Gasteiger partial charge in [0.15, 0.2) is 0 Å². The molecule has 0 amide bonds. The molecule has 0 spiro atoms. The molecule has 5 heteroatoms. The second-order valence-corrected chi connectivity index (χ2v) is 7.64. The minimum absolute atomic E-state index is 0.330. The SMILES string of the molecule is O=[N+]([O-])C(I)C1(O)CCCCCCC=CCCCCCCC1. The lowest BCUT2D eigenvalue weighted by Gasteiger charge is -2.28. The van der Waals surface area contributed by atoms with Crippen LogP contribution < -0.4 is 0 Å². The minimum atomic E-state index is -1.14. The molecule has 1 rings (SSSR count). The summed E-state index contributed by atoms with van der Waals surface area (Å²) in [6, 6.07) is 0. The summed E-state index contributed by atoms with van der Waals surface area (Å²) in [5, 5.41) is 21.9. The Morgan fingerprint density at radius 1 is 0.909 bits per heavy atom. The van der Waals surface area contributed by atoms with E-state index in [0.29, 0.717) is 12.8 Å². The summed E-state index contributed by atoms with van der Waals surface area (Å²) in [5.41, 5.74) is -1.14. The van der Waals surface area contributed by atoms with Gasteiger partial charge in [0.05, 0.1) is 0 Å². The van der Waals surface area contributed by atoms with Gasteiger partial charge in [0.1, 0.15) is 5.60 Å². The number of allylic oxidation sites excluding steroid dienone is 2. The van der Waals surface area contributed by atoms with E-state index in [-0.39, 0.29) is 4.92 Å². The third-order valence-electron chi connectivity index (χ3n) is 4.51. The van der Waals surface area contributed by atoms with Gasteiger partial charge in [0.25, 0.3) is 4.05 Å². The lowest BCUT2D eigenvalue weighted by atomic mass is 9.89. The van der Waals surface area contributed by atoms with Crippen LogP contribution in [0.25, 0.3) is 0 Å². The van der Waals surface area contributed by atoms with Crippen LogP contribution in [0.5, 0.6) is 0 Å². The average molecular weight is 423 g/mol. The Hall–Kier alpha value is -0.170. The molecule has 1 aliphatic carbocycles. The molecule has 2 unspecified atom stereocenters. The average Bonchev–Trinajstić information content (AvgIpc) is 2.49. The van der Waals surface area contributed by atoms with Gasteiger partial charge in [-0.05, 0) is 38.5 Å². The Morgan fingerprint density at radius 2 is 1.32 bits per heavy atom. The van der Waals surface area contributed by atoms with Crippen LogP contribution in [0.3, 0.4) is 0 Å². The Balaban J connectivity index is 2.54. The molecule has 4 nitrogen and oxygen atoms in total. The number of aliphatic hydroxyl groups is 1. The Morgan fingerprint density at radius 3 is 1.77 bits per heavy atom. The van der Waals surface area contributed by atoms with Crippen molar-refractivity contribution in [1.82, 2.24) is 0 Å². The highest BCUT2D eigenvalue weighted by Crippen LogP contribution is 2.31. The summed E-state index contributed by atoms with van der Waals surface area (Å²) >= 11 is 1.80. The lowest BCUT2D eigenvalue weighted by Crippen LogP contribution is -2.43. The highest BCUT2D eigenvalue weighted by atomic mass is 127. The number of hydrogen-bond acceptors (Lipinski definition) is 3. The van der Waals surface area contributed by atoms with E-state index in [9.17, 15) is 15.2 Å². The summed E-state index contributed by atoms with van der Waals surface area (Å²) in [5.74, 6) is 0. The molecule has 0 aromatic rings. The Bertz CT molecular complexity index is 349. The molecular weight excluding hydrogens is 393 g/mol. The normalized spacial score (nSPS) is 28.1. The van der Waals surface area contributed by atoms with Gasteiger partial charge >= 0.3 is 0 Å². The van der Waals surface area contributed by atoms with Gasteiger partial charge in [-0.15, -0.1) is 0 Å². The fraction of sp³-hybridized carbons (Fsp3) is 0.882. The standard InChI is InChI=1S/C17H30INO3/c18-16(19(21)22)17(20)14-12-10-8-6-4-2-1-3-5-7-9-11-13-15-17/h1-2,16,20H,3-15H2. The monoisotopic (exact) mass is 423 g/mol. The Kier molecular flexibility index (Phi) is 10.3. The number of alkyl halides is 1. The molecule has 1 aliphatic rings. The summed E-state index contributed by atoms with van der Waals surface area (Å²) < 4.78 is -0.896. The summed E-state index contributed by atoms with van der Waals surface area (Å²) in [6.07, 6.45) is 17.8. The maximum atomic E-state index is 11.1. The highest BCUT2D eigenvalue weighted by molar-refractivity contribution is 14.1. The first-order valence-electron chi connectivity index (χ1n) is 8.71. The fourth-order valence-corrected chi connectivity index (χ4v) is 3.69. The molecule has 0 saturated heterocycles. The molecule has 0 heterocycles. The summed E-state index contributed by atoms with van der Waals surface area (Å²) in [7, 11) is 0. The first-order chi connectivity index (χ1) is 10.6. The molecule has 0 aromatic heterocycles. The van der Waals surface area contributed by atoms with Crippen LogP contribution in [0.2, 0.25) is 0 Å². The molecule has 22 heavy (non-hydrogen) atoms. The van der Waals surface area contributed by atoms with Gasteiger partial charge in [-0.25, -0.2) is 0 Å².